The molecule has 2 aromatic carbocycles. The quantitative estimate of drug-likeness (QED) is 0.590. The summed E-state index contributed by atoms with van der Waals surface area (Å²) in [6.07, 6.45) is 3.72. The first kappa shape index (κ1) is 13.5. The number of nitrogens with zero attached hydrogens (tertiary/aromatic N) is 2. The van der Waals surface area contributed by atoms with Gasteiger partial charge in [-0.15, -0.1) is 0 Å². The van der Waals surface area contributed by atoms with E-state index in [0.717, 1.165) is 27.8 Å². The van der Waals surface area contributed by atoms with Crippen LogP contribution in [0.1, 0.15) is 0 Å². The van der Waals surface area contributed by atoms with Gasteiger partial charge in [-0.1, -0.05) is 12.1 Å². The highest BCUT2D eigenvalue weighted by Gasteiger charge is 2.07. The Hall–Kier alpha value is -3.14. The highest BCUT2D eigenvalue weighted by atomic mass is 19.1. The van der Waals surface area contributed by atoms with E-state index >= 15 is 0 Å². The lowest BCUT2D eigenvalue weighted by Crippen LogP contribution is -1.94. The largest absolute Gasteiger partial charge is 0.508 e. The lowest BCUT2D eigenvalue weighted by molar-refractivity contribution is 0.475. The smallest absolute Gasteiger partial charge is 0.144 e. The maximum Gasteiger partial charge on any atom is 0.144 e. The normalized spacial score (nSPS) is 11.0. The Morgan fingerprint density at radius 2 is 1.61 bits per heavy atom. The van der Waals surface area contributed by atoms with Gasteiger partial charge in [0.15, 0.2) is 0 Å². The van der Waals surface area contributed by atoms with Crippen LogP contribution in [0.4, 0.5) is 4.39 Å². The van der Waals surface area contributed by atoms with Crippen molar-refractivity contribution >= 4 is 11.0 Å². The molecular weight excluding hydrogens is 291 g/mol. The minimum atomic E-state index is -0.257. The summed E-state index contributed by atoms with van der Waals surface area (Å²) in [4.78, 5) is 4.55. The molecule has 0 atom stereocenters. The second-order valence-corrected chi connectivity index (χ2v) is 5.35. The minimum Gasteiger partial charge on any atom is -0.508 e. The maximum absolute atomic E-state index is 13.1. The van der Waals surface area contributed by atoms with Crippen LogP contribution in [0.2, 0.25) is 0 Å². The van der Waals surface area contributed by atoms with E-state index in [2.05, 4.69) is 11.1 Å². The molecule has 0 saturated carbocycles. The molecule has 0 fully saturated rings. The molecule has 0 aliphatic carbocycles. The van der Waals surface area contributed by atoms with Gasteiger partial charge in [-0.2, -0.15) is 0 Å². The van der Waals surface area contributed by atoms with Gasteiger partial charge in [0.2, 0.25) is 0 Å². The maximum atomic E-state index is 13.1. The Morgan fingerprint density at radius 3 is 2.35 bits per heavy atom. The molecule has 4 heteroatoms. The summed E-state index contributed by atoms with van der Waals surface area (Å²) >= 11 is 0. The van der Waals surface area contributed by atoms with E-state index in [4.69, 9.17) is 0 Å². The van der Waals surface area contributed by atoms with Gasteiger partial charge in [0.1, 0.15) is 17.2 Å². The average molecular weight is 304 g/mol. The molecule has 4 rings (SSSR count). The molecule has 2 heterocycles. The summed E-state index contributed by atoms with van der Waals surface area (Å²) in [7, 11) is 0. The number of pyridine rings is 1. The number of phenols is 1. The van der Waals surface area contributed by atoms with Gasteiger partial charge in [0, 0.05) is 29.0 Å². The molecule has 0 aliphatic rings. The van der Waals surface area contributed by atoms with Gasteiger partial charge < -0.3 is 9.67 Å². The van der Waals surface area contributed by atoms with Crippen molar-refractivity contribution in [3.05, 3.63) is 78.9 Å². The van der Waals surface area contributed by atoms with Crippen LogP contribution < -0.4 is 0 Å². The number of halogens is 1. The van der Waals surface area contributed by atoms with Crippen LogP contribution in [0.25, 0.3) is 27.8 Å². The van der Waals surface area contributed by atoms with Crippen LogP contribution in [0.3, 0.4) is 0 Å². The molecule has 112 valence electrons. The fourth-order valence-electron chi connectivity index (χ4n) is 2.65. The van der Waals surface area contributed by atoms with Crippen LogP contribution in [0.5, 0.6) is 5.75 Å². The van der Waals surface area contributed by atoms with Crippen molar-refractivity contribution in [1.29, 1.82) is 0 Å². The Balaban J connectivity index is 1.79. The monoisotopic (exact) mass is 304 g/mol. The Labute approximate surface area is 132 Å². The van der Waals surface area contributed by atoms with E-state index in [9.17, 15) is 9.50 Å². The lowest BCUT2D eigenvalue weighted by atomic mass is 10.1. The summed E-state index contributed by atoms with van der Waals surface area (Å²) in [5, 5.41) is 10.4. The summed E-state index contributed by atoms with van der Waals surface area (Å²) in [6.45, 7) is 0. The minimum absolute atomic E-state index is 0.241. The molecule has 0 unspecified atom stereocenters. The molecule has 1 N–H and O–H groups in total. The van der Waals surface area contributed by atoms with Gasteiger partial charge in [-0.3, -0.25) is 0 Å². The predicted octanol–water partition coefficient (Wildman–Crippen LogP) is 4.54. The van der Waals surface area contributed by atoms with Crippen molar-refractivity contribution in [1.82, 2.24) is 9.55 Å². The van der Waals surface area contributed by atoms with Gasteiger partial charge in [-0.05, 0) is 54.1 Å². The summed E-state index contributed by atoms with van der Waals surface area (Å²) < 4.78 is 15.0. The standard InChI is InChI=1S/C19H13FN2O/c20-16-3-5-17(6-4-16)22-10-9-14-11-15(12-21-19(14)22)13-1-7-18(23)8-2-13/h1-12,23H. The highest BCUT2D eigenvalue weighted by molar-refractivity contribution is 5.83. The summed E-state index contributed by atoms with van der Waals surface area (Å²) in [5.74, 6) is -0.0157. The third-order valence-electron chi connectivity index (χ3n) is 3.83. The molecule has 3 nitrogen and oxygen atoms in total. The third kappa shape index (κ3) is 2.44. The second kappa shape index (κ2) is 5.25. The molecule has 0 aliphatic heterocycles. The topological polar surface area (TPSA) is 38.1 Å². The number of phenolic OH excluding ortho intramolecular Hbond substituents is 1. The number of aromatic hydroxyl groups is 1. The van der Waals surface area contributed by atoms with Gasteiger partial charge >= 0.3 is 0 Å². The Morgan fingerprint density at radius 1 is 0.870 bits per heavy atom. The van der Waals surface area contributed by atoms with Crippen molar-refractivity contribution in [2.24, 2.45) is 0 Å². The molecule has 0 bridgehead atoms. The van der Waals surface area contributed by atoms with Gasteiger partial charge in [-0.25, -0.2) is 9.37 Å². The van der Waals surface area contributed by atoms with Crippen LogP contribution in [0.15, 0.2) is 73.1 Å². The molecule has 0 saturated heterocycles. The van der Waals surface area contributed by atoms with Crippen molar-refractivity contribution in [2.75, 3.05) is 0 Å². The van der Waals surface area contributed by atoms with Crippen molar-refractivity contribution in [3.63, 3.8) is 0 Å². The number of fused-ring (bicyclic) bond motifs is 1. The number of hydrogen-bond acceptors (Lipinski definition) is 2. The van der Waals surface area contributed by atoms with Crippen LogP contribution >= 0.6 is 0 Å². The number of hydrogen-bond donors (Lipinski definition) is 1. The molecule has 0 radical (unpaired) electrons. The number of aromatic nitrogens is 2. The van der Waals surface area contributed by atoms with Crippen molar-refractivity contribution in [2.45, 2.75) is 0 Å². The van der Waals surface area contributed by atoms with Crippen LogP contribution in [-0.2, 0) is 0 Å². The predicted molar refractivity (Wildman–Crippen MR) is 88.1 cm³/mol. The summed E-state index contributed by atoms with van der Waals surface area (Å²) in [6, 6.07) is 17.4. The highest BCUT2D eigenvalue weighted by Crippen LogP contribution is 2.26. The Bertz CT molecular complexity index is 973. The second-order valence-electron chi connectivity index (χ2n) is 5.35. The first-order chi connectivity index (χ1) is 11.2. The molecule has 0 amide bonds. The molecule has 2 aromatic heterocycles. The lowest BCUT2D eigenvalue weighted by Gasteiger charge is -2.06. The Kier molecular flexibility index (Phi) is 3.08. The average Bonchev–Trinajstić information content (AvgIpc) is 2.99. The third-order valence-corrected chi connectivity index (χ3v) is 3.83. The van der Waals surface area contributed by atoms with E-state index in [1.165, 1.54) is 12.1 Å². The van der Waals surface area contributed by atoms with Crippen LogP contribution in [-0.4, -0.2) is 14.7 Å². The zero-order valence-electron chi connectivity index (χ0n) is 12.1. The van der Waals surface area contributed by atoms with Crippen molar-refractivity contribution in [3.8, 4) is 22.6 Å². The number of rotatable bonds is 2. The summed E-state index contributed by atoms with van der Waals surface area (Å²) in [5.41, 5.74) is 3.66. The first-order valence-electron chi connectivity index (χ1n) is 7.23. The molecule has 4 aromatic rings. The number of benzene rings is 2. The van der Waals surface area contributed by atoms with Gasteiger partial charge in [0.25, 0.3) is 0 Å². The van der Waals surface area contributed by atoms with Gasteiger partial charge in [0.05, 0.1) is 0 Å². The molecule has 0 spiro atoms. The zero-order chi connectivity index (χ0) is 15.8. The van der Waals surface area contributed by atoms with E-state index in [1.807, 2.05) is 29.0 Å². The zero-order valence-corrected chi connectivity index (χ0v) is 12.1. The fourth-order valence-corrected chi connectivity index (χ4v) is 2.65. The van der Waals surface area contributed by atoms with Crippen LogP contribution in [0, 0.1) is 5.82 Å². The fraction of sp³-hybridized carbons (Fsp3) is 0. The van der Waals surface area contributed by atoms with E-state index < -0.39 is 0 Å². The molecular formula is C19H13FN2O. The van der Waals surface area contributed by atoms with E-state index in [0.29, 0.717) is 0 Å². The van der Waals surface area contributed by atoms with Crippen molar-refractivity contribution < 1.29 is 9.50 Å². The van der Waals surface area contributed by atoms with E-state index in [1.54, 1.807) is 30.5 Å². The SMILES string of the molecule is Oc1ccc(-c2cnc3c(ccn3-c3ccc(F)cc3)c2)cc1. The first-order valence-corrected chi connectivity index (χ1v) is 7.23. The van der Waals surface area contributed by atoms with E-state index in [-0.39, 0.29) is 11.6 Å². The molecule has 23 heavy (non-hydrogen) atoms.